The van der Waals surface area contributed by atoms with Crippen LogP contribution in [0, 0.1) is 5.92 Å². The Hall–Kier alpha value is -0.0800. The van der Waals surface area contributed by atoms with Crippen molar-refractivity contribution in [2.24, 2.45) is 5.92 Å². The van der Waals surface area contributed by atoms with Gasteiger partial charge in [-0.05, 0) is 31.6 Å². The lowest BCUT2D eigenvalue weighted by Gasteiger charge is -2.51. The van der Waals surface area contributed by atoms with E-state index < -0.39 is 0 Å². The van der Waals surface area contributed by atoms with Crippen LogP contribution in [-0.2, 0) is 0 Å². The second kappa shape index (κ2) is 1.74. The van der Waals surface area contributed by atoms with Gasteiger partial charge in [0, 0.05) is 12.1 Å². The molecule has 3 heterocycles. The van der Waals surface area contributed by atoms with Crippen LogP contribution >= 0.6 is 0 Å². The molecule has 4 rings (SSSR count). The largest absolute Gasteiger partial charge is 0.299 e. The molecule has 3 aliphatic heterocycles. The SMILES string of the molecule is C1C2CC3CC1NC(C2)N3. The average molecular weight is 138 g/mol. The van der Waals surface area contributed by atoms with Crippen LogP contribution in [0.1, 0.15) is 25.7 Å². The second-order valence-electron chi connectivity index (χ2n) is 4.09. The van der Waals surface area contributed by atoms with Gasteiger partial charge in [0.1, 0.15) is 0 Å². The van der Waals surface area contributed by atoms with Gasteiger partial charge < -0.3 is 0 Å². The number of hydrogen-bond donors (Lipinski definition) is 2. The summed E-state index contributed by atoms with van der Waals surface area (Å²) in [4.78, 5) is 0. The average Bonchev–Trinajstić information content (AvgIpc) is 1.82. The van der Waals surface area contributed by atoms with Gasteiger partial charge in [-0.3, -0.25) is 10.6 Å². The first-order chi connectivity index (χ1) is 4.90. The molecule has 0 aromatic heterocycles. The Bertz CT molecular complexity index is 98.8. The predicted molar refractivity (Wildman–Crippen MR) is 39.6 cm³/mol. The van der Waals surface area contributed by atoms with Gasteiger partial charge in [0.25, 0.3) is 0 Å². The summed E-state index contributed by atoms with van der Waals surface area (Å²) in [5, 5.41) is 7.20. The zero-order valence-corrected chi connectivity index (χ0v) is 6.14. The molecule has 2 atom stereocenters. The van der Waals surface area contributed by atoms with Gasteiger partial charge in [-0.1, -0.05) is 0 Å². The lowest BCUT2D eigenvalue weighted by Crippen LogP contribution is -2.66. The molecule has 2 unspecified atom stereocenters. The van der Waals surface area contributed by atoms with Crippen molar-refractivity contribution in [3.63, 3.8) is 0 Å². The zero-order valence-electron chi connectivity index (χ0n) is 6.14. The highest BCUT2D eigenvalue weighted by molar-refractivity contribution is 4.99. The smallest absolute Gasteiger partial charge is 0.0578 e. The Kier molecular flexibility index (Phi) is 0.968. The fraction of sp³-hybridized carbons (Fsp3) is 1.00. The van der Waals surface area contributed by atoms with E-state index in [0.717, 1.165) is 18.0 Å². The maximum absolute atomic E-state index is 3.60. The number of rotatable bonds is 0. The van der Waals surface area contributed by atoms with E-state index in [9.17, 15) is 0 Å². The Morgan fingerprint density at radius 2 is 1.50 bits per heavy atom. The standard InChI is InChI=1S/C8H14N2/c1-5-2-7-4-6(1)9-8(3-5)10-7/h5-10H,1-4H2. The van der Waals surface area contributed by atoms with Crippen LogP contribution in [0.15, 0.2) is 0 Å². The fourth-order valence-corrected chi connectivity index (χ4v) is 2.99. The van der Waals surface area contributed by atoms with E-state index in [-0.39, 0.29) is 0 Å². The number of nitrogens with one attached hydrogen (secondary N) is 2. The maximum Gasteiger partial charge on any atom is 0.0578 e. The van der Waals surface area contributed by atoms with E-state index in [4.69, 9.17) is 0 Å². The second-order valence-corrected chi connectivity index (χ2v) is 4.09. The van der Waals surface area contributed by atoms with Gasteiger partial charge in [0.2, 0.25) is 0 Å². The van der Waals surface area contributed by atoms with E-state index in [1.54, 1.807) is 0 Å². The highest BCUT2D eigenvalue weighted by atomic mass is 15.2. The molecule has 4 fully saturated rings. The fourth-order valence-electron chi connectivity index (χ4n) is 2.99. The van der Waals surface area contributed by atoms with Crippen molar-refractivity contribution in [3.8, 4) is 0 Å². The molecule has 10 heavy (non-hydrogen) atoms. The third kappa shape index (κ3) is 0.663. The molecule has 0 spiro atoms. The lowest BCUT2D eigenvalue weighted by atomic mass is 9.74. The van der Waals surface area contributed by atoms with Crippen LogP contribution in [0.4, 0.5) is 0 Å². The van der Waals surface area contributed by atoms with Gasteiger partial charge >= 0.3 is 0 Å². The third-order valence-electron chi connectivity index (χ3n) is 3.25. The molecular weight excluding hydrogens is 124 g/mol. The van der Waals surface area contributed by atoms with Crippen molar-refractivity contribution < 1.29 is 0 Å². The van der Waals surface area contributed by atoms with E-state index in [0.29, 0.717) is 6.17 Å². The predicted octanol–water partition coefficient (Wildman–Crippen LogP) is 0.446. The normalized spacial score (nSPS) is 57.6. The molecule has 0 aromatic rings. The molecule has 2 N–H and O–H groups in total. The molecule has 56 valence electrons. The van der Waals surface area contributed by atoms with Crippen LogP contribution < -0.4 is 10.6 Å². The van der Waals surface area contributed by atoms with Gasteiger partial charge in [-0.15, -0.1) is 0 Å². The van der Waals surface area contributed by atoms with Crippen molar-refractivity contribution in [1.29, 1.82) is 0 Å². The quantitative estimate of drug-likeness (QED) is 0.508. The van der Waals surface area contributed by atoms with Crippen LogP contribution in [0.2, 0.25) is 0 Å². The van der Waals surface area contributed by atoms with Crippen LogP contribution in [0.5, 0.6) is 0 Å². The summed E-state index contributed by atoms with van der Waals surface area (Å²) in [6.07, 6.45) is 6.35. The summed E-state index contributed by atoms with van der Waals surface area (Å²) >= 11 is 0. The van der Waals surface area contributed by atoms with Gasteiger partial charge in [0.05, 0.1) is 6.17 Å². The molecule has 0 radical (unpaired) electrons. The Labute approximate surface area is 61.4 Å². The minimum atomic E-state index is 0.677. The van der Waals surface area contributed by atoms with E-state index in [1.165, 1.54) is 25.7 Å². The van der Waals surface area contributed by atoms with Crippen LogP contribution in [0.25, 0.3) is 0 Å². The lowest BCUT2D eigenvalue weighted by molar-refractivity contribution is 0.0660. The Balaban J connectivity index is 1.90. The molecule has 2 heteroatoms. The molecular formula is C8H14N2. The molecule has 1 saturated carbocycles. The molecule has 4 bridgehead atoms. The van der Waals surface area contributed by atoms with Crippen molar-refractivity contribution >= 4 is 0 Å². The minimum Gasteiger partial charge on any atom is -0.299 e. The summed E-state index contributed by atoms with van der Waals surface area (Å²) < 4.78 is 0. The highest BCUT2D eigenvalue weighted by Gasteiger charge is 2.41. The zero-order chi connectivity index (χ0) is 6.55. The Morgan fingerprint density at radius 3 is 2.00 bits per heavy atom. The molecule has 3 saturated heterocycles. The molecule has 0 aromatic carbocycles. The third-order valence-corrected chi connectivity index (χ3v) is 3.25. The summed E-state index contributed by atoms with van der Waals surface area (Å²) in [6.45, 7) is 0. The summed E-state index contributed by atoms with van der Waals surface area (Å²) in [6, 6.07) is 1.73. The maximum atomic E-state index is 3.60. The van der Waals surface area contributed by atoms with Crippen LogP contribution in [-0.4, -0.2) is 18.2 Å². The highest BCUT2D eigenvalue weighted by Crippen LogP contribution is 2.36. The minimum absolute atomic E-state index is 0.677. The Morgan fingerprint density at radius 1 is 0.800 bits per heavy atom. The first-order valence-electron chi connectivity index (χ1n) is 4.42. The molecule has 1 aliphatic carbocycles. The summed E-state index contributed by atoms with van der Waals surface area (Å²) in [5.74, 6) is 1.05. The van der Waals surface area contributed by atoms with E-state index >= 15 is 0 Å². The monoisotopic (exact) mass is 138 g/mol. The van der Waals surface area contributed by atoms with E-state index in [1.807, 2.05) is 0 Å². The van der Waals surface area contributed by atoms with Gasteiger partial charge in [0.15, 0.2) is 0 Å². The van der Waals surface area contributed by atoms with Crippen molar-refractivity contribution in [1.82, 2.24) is 10.6 Å². The van der Waals surface area contributed by atoms with Crippen LogP contribution in [0.3, 0.4) is 0 Å². The van der Waals surface area contributed by atoms with E-state index in [2.05, 4.69) is 10.6 Å². The number of hydrogen-bond acceptors (Lipinski definition) is 2. The topological polar surface area (TPSA) is 24.1 Å². The number of piperidine rings is 2. The molecule has 4 aliphatic rings. The molecule has 0 amide bonds. The first kappa shape index (κ1) is 5.56. The summed E-state index contributed by atoms with van der Waals surface area (Å²) in [7, 11) is 0. The van der Waals surface area contributed by atoms with Gasteiger partial charge in [-0.25, -0.2) is 0 Å². The first-order valence-corrected chi connectivity index (χ1v) is 4.42. The van der Waals surface area contributed by atoms with Gasteiger partial charge in [-0.2, -0.15) is 0 Å². The molecule has 2 nitrogen and oxygen atoms in total. The van der Waals surface area contributed by atoms with Crippen molar-refractivity contribution in [2.45, 2.75) is 43.9 Å². The summed E-state index contributed by atoms with van der Waals surface area (Å²) in [5.41, 5.74) is 0. The van der Waals surface area contributed by atoms with Crippen molar-refractivity contribution in [3.05, 3.63) is 0 Å². The van der Waals surface area contributed by atoms with Crippen molar-refractivity contribution in [2.75, 3.05) is 0 Å².